The third-order valence-corrected chi connectivity index (χ3v) is 5.33. The van der Waals surface area contributed by atoms with Gasteiger partial charge in [-0.25, -0.2) is 4.98 Å². The summed E-state index contributed by atoms with van der Waals surface area (Å²) in [6.45, 7) is 3.62. The summed E-state index contributed by atoms with van der Waals surface area (Å²) in [6, 6.07) is 7.84. The Bertz CT molecular complexity index is 854. The first kappa shape index (κ1) is 16.0. The van der Waals surface area contributed by atoms with Gasteiger partial charge in [-0.2, -0.15) is 5.10 Å². The molecular weight excluding hydrogens is 338 g/mol. The van der Waals surface area contributed by atoms with Crippen molar-refractivity contribution in [2.24, 2.45) is 0 Å². The zero-order valence-corrected chi connectivity index (χ0v) is 14.7. The van der Waals surface area contributed by atoms with Gasteiger partial charge in [-0.3, -0.25) is 9.89 Å². The molecule has 0 aromatic carbocycles. The molecule has 130 valence electrons. The molecule has 1 atom stereocenters. The van der Waals surface area contributed by atoms with Crippen LogP contribution in [-0.2, 0) is 12.3 Å². The topological polar surface area (TPSA) is 80.0 Å². The van der Waals surface area contributed by atoms with Crippen molar-refractivity contribution in [3.8, 4) is 0 Å². The van der Waals surface area contributed by atoms with Crippen molar-refractivity contribution in [3.05, 3.63) is 54.0 Å². The summed E-state index contributed by atoms with van der Waals surface area (Å²) in [7, 11) is 0. The van der Waals surface area contributed by atoms with E-state index in [0.717, 1.165) is 23.9 Å². The van der Waals surface area contributed by atoms with E-state index in [2.05, 4.69) is 38.9 Å². The molecule has 8 heteroatoms. The van der Waals surface area contributed by atoms with Crippen molar-refractivity contribution in [2.45, 2.75) is 36.8 Å². The third-order valence-electron chi connectivity index (χ3n) is 4.43. The van der Waals surface area contributed by atoms with E-state index in [4.69, 9.17) is 4.42 Å². The number of aromatic amines is 1. The van der Waals surface area contributed by atoms with Gasteiger partial charge in [0.05, 0.1) is 11.8 Å². The maximum Gasteiger partial charge on any atom is 0.290 e. The molecular formula is C17H19N5O2S. The summed E-state index contributed by atoms with van der Waals surface area (Å²) in [4.78, 5) is 18.9. The van der Waals surface area contributed by atoms with Crippen LogP contribution in [0.25, 0.3) is 0 Å². The Labute approximate surface area is 149 Å². The number of rotatable bonds is 5. The number of thioether (sulfide) groups is 1. The molecule has 25 heavy (non-hydrogen) atoms. The smallest absolute Gasteiger partial charge is 0.290 e. The van der Waals surface area contributed by atoms with Crippen molar-refractivity contribution < 1.29 is 9.21 Å². The third kappa shape index (κ3) is 3.09. The van der Waals surface area contributed by atoms with Crippen molar-refractivity contribution in [1.82, 2.24) is 24.6 Å². The molecule has 4 heterocycles. The molecule has 0 fully saturated rings. The molecule has 1 aliphatic rings. The van der Waals surface area contributed by atoms with Crippen LogP contribution in [0, 0.1) is 0 Å². The Hall–Kier alpha value is -2.48. The molecule has 3 aromatic rings. The van der Waals surface area contributed by atoms with Gasteiger partial charge >= 0.3 is 0 Å². The quantitative estimate of drug-likeness (QED) is 0.710. The van der Waals surface area contributed by atoms with Crippen LogP contribution in [0.4, 0.5) is 0 Å². The lowest BCUT2D eigenvalue weighted by Crippen LogP contribution is -2.41. The summed E-state index contributed by atoms with van der Waals surface area (Å²) >= 11 is 1.49. The van der Waals surface area contributed by atoms with Gasteiger partial charge in [0.25, 0.3) is 5.91 Å². The summed E-state index contributed by atoms with van der Waals surface area (Å²) in [5, 5.41) is 7.33. The second-order valence-electron chi connectivity index (χ2n) is 5.89. The second kappa shape index (κ2) is 6.79. The maximum absolute atomic E-state index is 12.9. The number of furan rings is 1. The van der Waals surface area contributed by atoms with E-state index in [1.165, 1.54) is 23.8 Å². The van der Waals surface area contributed by atoms with Crippen LogP contribution in [0.1, 0.15) is 41.4 Å². The van der Waals surface area contributed by atoms with E-state index in [1.807, 2.05) is 17.0 Å². The number of fused-ring (bicyclic) bond motifs is 1. The van der Waals surface area contributed by atoms with Gasteiger partial charge < -0.3 is 13.9 Å². The van der Waals surface area contributed by atoms with Gasteiger partial charge in [0.1, 0.15) is 12.1 Å². The average molecular weight is 357 g/mol. The van der Waals surface area contributed by atoms with Crippen molar-refractivity contribution in [2.75, 3.05) is 6.54 Å². The van der Waals surface area contributed by atoms with Gasteiger partial charge in [0.15, 0.2) is 10.9 Å². The molecule has 7 nitrogen and oxygen atoms in total. The number of amides is 1. The van der Waals surface area contributed by atoms with Crippen LogP contribution < -0.4 is 0 Å². The lowest BCUT2D eigenvalue weighted by atomic mass is 10.1. The van der Waals surface area contributed by atoms with Gasteiger partial charge in [0, 0.05) is 25.0 Å². The van der Waals surface area contributed by atoms with Crippen molar-refractivity contribution in [1.29, 1.82) is 0 Å². The first-order chi connectivity index (χ1) is 12.3. The van der Waals surface area contributed by atoms with E-state index >= 15 is 0 Å². The number of carbonyl (C=O) groups excluding carboxylic acids is 1. The SMILES string of the molecule is CC[C@H]1c2cccn2CCN1C(=O)c1ccc(CSc2ncn[nH]2)o1. The highest BCUT2D eigenvalue weighted by atomic mass is 32.2. The summed E-state index contributed by atoms with van der Waals surface area (Å²) < 4.78 is 8.00. The number of aromatic nitrogens is 4. The lowest BCUT2D eigenvalue weighted by Gasteiger charge is -2.36. The fourth-order valence-corrected chi connectivity index (χ4v) is 3.93. The van der Waals surface area contributed by atoms with Gasteiger partial charge in [-0.05, 0) is 30.7 Å². The minimum absolute atomic E-state index is 0.0461. The first-order valence-corrected chi connectivity index (χ1v) is 9.27. The molecule has 1 N–H and O–H groups in total. The normalized spacial score (nSPS) is 16.8. The molecule has 3 aromatic heterocycles. The van der Waals surface area contributed by atoms with Gasteiger partial charge in [0.2, 0.25) is 0 Å². The van der Waals surface area contributed by atoms with Gasteiger partial charge in [-0.1, -0.05) is 18.7 Å². The van der Waals surface area contributed by atoms with Crippen molar-refractivity contribution >= 4 is 17.7 Å². The molecule has 0 spiro atoms. The highest BCUT2D eigenvalue weighted by Crippen LogP contribution is 2.30. The summed E-state index contributed by atoms with van der Waals surface area (Å²) in [5.41, 5.74) is 1.19. The molecule has 0 radical (unpaired) electrons. The van der Waals surface area contributed by atoms with E-state index in [0.29, 0.717) is 18.1 Å². The number of carbonyl (C=O) groups is 1. The average Bonchev–Trinajstić information content (AvgIpc) is 3.39. The monoisotopic (exact) mass is 357 g/mol. The molecule has 0 saturated heterocycles. The highest BCUT2D eigenvalue weighted by molar-refractivity contribution is 7.98. The van der Waals surface area contributed by atoms with Crippen LogP contribution >= 0.6 is 11.8 Å². The zero-order valence-electron chi connectivity index (χ0n) is 13.9. The van der Waals surface area contributed by atoms with Crippen LogP contribution in [0.5, 0.6) is 0 Å². The molecule has 0 aliphatic carbocycles. The van der Waals surface area contributed by atoms with Crippen molar-refractivity contribution in [3.63, 3.8) is 0 Å². The minimum atomic E-state index is -0.0461. The van der Waals surface area contributed by atoms with Crippen LogP contribution in [-0.4, -0.2) is 37.1 Å². The molecule has 1 aliphatic heterocycles. The summed E-state index contributed by atoms with van der Waals surface area (Å²) in [6.07, 6.45) is 4.42. The molecule has 1 amide bonds. The number of hydrogen-bond acceptors (Lipinski definition) is 5. The zero-order chi connectivity index (χ0) is 17.2. The minimum Gasteiger partial charge on any atom is -0.455 e. The second-order valence-corrected chi connectivity index (χ2v) is 6.86. The standard InChI is InChI=1S/C17H19N5O2S/c1-2-13-14-4-3-7-21(14)8-9-22(13)16(23)15-6-5-12(24-15)10-25-17-18-11-19-20-17/h3-7,11,13H,2,8-10H2,1H3,(H,18,19,20)/t13-/m0/s1. The Morgan fingerprint density at radius 3 is 3.12 bits per heavy atom. The summed E-state index contributed by atoms with van der Waals surface area (Å²) in [5.74, 6) is 1.70. The van der Waals surface area contributed by atoms with Crippen LogP contribution in [0.2, 0.25) is 0 Å². The largest absolute Gasteiger partial charge is 0.455 e. The number of hydrogen-bond donors (Lipinski definition) is 1. The lowest BCUT2D eigenvalue weighted by molar-refractivity contribution is 0.0584. The maximum atomic E-state index is 12.9. The fraction of sp³-hybridized carbons (Fsp3) is 0.353. The van der Waals surface area contributed by atoms with E-state index < -0.39 is 0 Å². The number of nitrogens with one attached hydrogen (secondary N) is 1. The van der Waals surface area contributed by atoms with E-state index in [9.17, 15) is 4.79 Å². The highest BCUT2D eigenvalue weighted by Gasteiger charge is 2.31. The number of H-pyrrole nitrogens is 1. The molecule has 4 rings (SSSR count). The van der Waals surface area contributed by atoms with Gasteiger partial charge in [-0.15, -0.1) is 0 Å². The molecule has 0 unspecified atom stereocenters. The Kier molecular flexibility index (Phi) is 4.35. The Morgan fingerprint density at radius 2 is 2.32 bits per heavy atom. The number of nitrogens with zero attached hydrogens (tertiary/aromatic N) is 4. The molecule has 0 saturated carbocycles. The molecule has 0 bridgehead atoms. The first-order valence-electron chi connectivity index (χ1n) is 8.29. The van der Waals surface area contributed by atoms with E-state index in [-0.39, 0.29) is 11.9 Å². The predicted molar refractivity (Wildman–Crippen MR) is 93.2 cm³/mol. The fourth-order valence-electron chi connectivity index (χ4n) is 3.25. The van der Waals surface area contributed by atoms with Crippen LogP contribution in [0.15, 0.2) is 46.4 Å². The predicted octanol–water partition coefficient (Wildman–Crippen LogP) is 3.10. The van der Waals surface area contributed by atoms with Crippen LogP contribution in [0.3, 0.4) is 0 Å². The Balaban J connectivity index is 1.47. The van der Waals surface area contributed by atoms with E-state index in [1.54, 1.807) is 6.07 Å². The Morgan fingerprint density at radius 1 is 1.40 bits per heavy atom.